The van der Waals surface area contributed by atoms with Gasteiger partial charge in [-0.15, -0.1) is 0 Å². The minimum absolute atomic E-state index is 0.0475. The Morgan fingerprint density at radius 3 is 2.25 bits per heavy atom. The van der Waals surface area contributed by atoms with Crippen molar-refractivity contribution in [2.75, 3.05) is 24.6 Å². The zero-order chi connectivity index (χ0) is 20.3. The van der Waals surface area contributed by atoms with E-state index in [0.29, 0.717) is 17.8 Å². The average Bonchev–Trinajstić information content (AvgIpc) is 2.68. The number of anilines is 1. The fourth-order valence-electron chi connectivity index (χ4n) is 3.06. The monoisotopic (exact) mass is 400 g/mol. The first kappa shape index (κ1) is 19.9. The lowest BCUT2D eigenvalue weighted by Gasteiger charge is -2.22. The summed E-state index contributed by atoms with van der Waals surface area (Å²) in [6, 6.07) is 13.8. The Morgan fingerprint density at radius 2 is 1.68 bits per heavy atom. The summed E-state index contributed by atoms with van der Waals surface area (Å²) in [4.78, 5) is 18.2. The van der Waals surface area contributed by atoms with Crippen molar-refractivity contribution in [3.8, 4) is 0 Å². The number of aliphatic imine (C=N–C) groups is 1. The summed E-state index contributed by atoms with van der Waals surface area (Å²) in [6.07, 6.45) is 1.10. The Morgan fingerprint density at radius 1 is 1.04 bits per heavy atom. The van der Waals surface area contributed by atoms with Crippen LogP contribution in [0.3, 0.4) is 0 Å². The molecule has 1 aliphatic carbocycles. The molecule has 0 fully saturated rings. The number of hydrogen-bond acceptors (Lipinski definition) is 6. The molecule has 0 unspecified atom stereocenters. The lowest BCUT2D eigenvalue weighted by Crippen LogP contribution is -2.25. The van der Waals surface area contributed by atoms with E-state index >= 15 is 0 Å². The smallest absolute Gasteiger partial charge is 0.298 e. The van der Waals surface area contributed by atoms with Crippen LogP contribution in [0.4, 0.5) is 11.4 Å². The second-order valence-corrected chi connectivity index (χ2v) is 7.57. The molecule has 1 aliphatic rings. The maximum atomic E-state index is 12.4. The summed E-state index contributed by atoms with van der Waals surface area (Å²) in [6.45, 7) is 3.29. The maximum Gasteiger partial charge on any atom is 0.298 e. The van der Waals surface area contributed by atoms with Gasteiger partial charge in [0.2, 0.25) is 5.78 Å². The number of rotatable bonds is 6. The molecule has 0 aliphatic heterocycles. The molecule has 0 spiro atoms. The summed E-state index contributed by atoms with van der Waals surface area (Å²) in [5.74, 6) is -0.755. The Balaban J connectivity index is 2.04. The maximum absolute atomic E-state index is 12.4. The van der Waals surface area contributed by atoms with E-state index in [-0.39, 0.29) is 17.9 Å². The van der Waals surface area contributed by atoms with Gasteiger partial charge < -0.3 is 10.0 Å². The molecule has 3 rings (SSSR count). The minimum atomic E-state index is -4.67. The normalized spacial score (nSPS) is 15.3. The van der Waals surface area contributed by atoms with E-state index in [0.717, 1.165) is 18.3 Å². The van der Waals surface area contributed by atoms with Crippen LogP contribution >= 0.6 is 0 Å². The topological polar surface area (TPSA) is 107 Å². The number of ketones is 1. The third-order valence-electron chi connectivity index (χ3n) is 4.43. The molecule has 0 bridgehead atoms. The number of benzene rings is 2. The van der Waals surface area contributed by atoms with E-state index in [1.807, 2.05) is 24.0 Å². The predicted octanol–water partition coefficient (Wildman–Crippen LogP) is 2.59. The number of hydrogen-bond donors (Lipinski definition) is 2. The van der Waals surface area contributed by atoms with Crippen LogP contribution in [0.2, 0.25) is 0 Å². The van der Waals surface area contributed by atoms with Crippen molar-refractivity contribution in [1.29, 1.82) is 0 Å². The zero-order valence-corrected chi connectivity index (χ0v) is 16.1. The van der Waals surface area contributed by atoms with Crippen molar-refractivity contribution in [3.05, 3.63) is 70.6 Å². The second kappa shape index (κ2) is 8.05. The van der Waals surface area contributed by atoms with Gasteiger partial charge in [-0.25, -0.2) is 4.99 Å². The molecular formula is C20H20N2O5S. The highest BCUT2D eigenvalue weighted by Crippen LogP contribution is 2.27. The van der Waals surface area contributed by atoms with Crippen molar-refractivity contribution < 1.29 is 22.9 Å². The van der Waals surface area contributed by atoms with Crippen LogP contribution in [0.25, 0.3) is 0 Å². The highest BCUT2D eigenvalue weighted by molar-refractivity contribution is 7.91. The molecule has 0 heterocycles. The molecule has 0 amide bonds. The largest absolute Gasteiger partial charge is 0.395 e. The molecule has 8 heteroatoms. The van der Waals surface area contributed by atoms with Crippen LogP contribution in [0.5, 0.6) is 0 Å². The number of carbonyl (C=O) groups excluding carboxylic acids is 1. The van der Waals surface area contributed by atoms with Crippen molar-refractivity contribution in [3.63, 3.8) is 0 Å². The number of likely N-dealkylation sites (N-methyl/N-ethyl adjacent to an activating group) is 1. The summed E-state index contributed by atoms with van der Waals surface area (Å²) >= 11 is 0. The molecular weight excluding hydrogens is 380 g/mol. The van der Waals surface area contributed by atoms with Gasteiger partial charge in [-0.3, -0.25) is 9.35 Å². The minimum Gasteiger partial charge on any atom is -0.395 e. The van der Waals surface area contributed by atoms with E-state index in [2.05, 4.69) is 4.99 Å². The van der Waals surface area contributed by atoms with E-state index in [1.165, 1.54) is 6.07 Å². The lowest BCUT2D eigenvalue weighted by molar-refractivity contribution is 0.104. The number of fused-ring (bicyclic) bond motifs is 1. The van der Waals surface area contributed by atoms with Crippen LogP contribution in [0.15, 0.2) is 64.5 Å². The standard InChI is InChI=1S/C20H20N2O5S/c1-2-22(11-12-23)15-9-7-14(8-10-15)21-18-13-19(28(25,26)27)20(24)17-6-4-3-5-16(17)18/h3-10,13,23H,2,11-12H2,1H3,(H,25,26,27). The quantitative estimate of drug-likeness (QED) is 0.722. The van der Waals surface area contributed by atoms with Crippen molar-refractivity contribution in [2.24, 2.45) is 4.99 Å². The number of allylic oxidation sites excluding steroid dienone is 2. The Hall–Kier alpha value is -2.81. The third kappa shape index (κ3) is 4.04. The molecule has 146 valence electrons. The number of carbonyl (C=O) groups is 1. The van der Waals surface area contributed by atoms with E-state index in [1.54, 1.807) is 30.3 Å². The average molecular weight is 400 g/mol. The van der Waals surface area contributed by atoms with Gasteiger partial charge in [0.25, 0.3) is 10.1 Å². The fourth-order valence-corrected chi connectivity index (χ4v) is 3.66. The molecule has 2 N–H and O–H groups in total. The van der Waals surface area contributed by atoms with Crippen LogP contribution in [0.1, 0.15) is 22.8 Å². The molecule has 2 aromatic rings. The highest BCUT2D eigenvalue weighted by atomic mass is 32.2. The molecule has 0 radical (unpaired) electrons. The number of nitrogens with zero attached hydrogens (tertiary/aromatic N) is 2. The first-order valence-electron chi connectivity index (χ1n) is 8.73. The molecule has 7 nitrogen and oxygen atoms in total. The number of Topliss-reactive ketones (excluding diaryl/α,β-unsaturated/α-hetero) is 1. The second-order valence-electron chi connectivity index (χ2n) is 6.18. The van der Waals surface area contributed by atoms with Crippen molar-refractivity contribution in [2.45, 2.75) is 6.92 Å². The van der Waals surface area contributed by atoms with E-state index < -0.39 is 20.8 Å². The summed E-state index contributed by atoms with van der Waals surface area (Å²) in [7, 11) is -4.67. The van der Waals surface area contributed by atoms with Gasteiger partial charge in [-0.2, -0.15) is 8.42 Å². The third-order valence-corrected chi connectivity index (χ3v) is 5.29. The molecule has 2 aromatic carbocycles. The summed E-state index contributed by atoms with van der Waals surface area (Å²) in [5, 5.41) is 9.14. The van der Waals surface area contributed by atoms with Gasteiger partial charge in [-0.05, 0) is 37.3 Å². The molecule has 0 aromatic heterocycles. The van der Waals surface area contributed by atoms with Gasteiger partial charge in [0.1, 0.15) is 4.91 Å². The van der Waals surface area contributed by atoms with Gasteiger partial charge in [0.05, 0.1) is 18.0 Å². The van der Waals surface area contributed by atoms with Gasteiger partial charge in [0, 0.05) is 29.9 Å². The SMILES string of the molecule is CCN(CCO)c1ccc(N=C2C=C(S(=O)(=O)O)C(=O)c3ccccc32)cc1. The summed E-state index contributed by atoms with van der Waals surface area (Å²) in [5.41, 5.74) is 2.44. The lowest BCUT2D eigenvalue weighted by atomic mass is 9.94. The van der Waals surface area contributed by atoms with E-state index in [4.69, 9.17) is 5.11 Å². The van der Waals surface area contributed by atoms with Crippen molar-refractivity contribution >= 4 is 33.0 Å². The molecule has 28 heavy (non-hydrogen) atoms. The van der Waals surface area contributed by atoms with Gasteiger partial charge >= 0.3 is 0 Å². The highest BCUT2D eigenvalue weighted by Gasteiger charge is 2.31. The van der Waals surface area contributed by atoms with Crippen LogP contribution in [0, 0.1) is 0 Å². The number of aliphatic hydroxyl groups excluding tert-OH is 1. The fraction of sp³-hybridized carbons (Fsp3) is 0.200. The van der Waals surface area contributed by atoms with Gasteiger partial charge in [-0.1, -0.05) is 24.3 Å². The first-order valence-corrected chi connectivity index (χ1v) is 10.2. The molecule has 0 saturated heterocycles. The molecule has 0 atom stereocenters. The number of aliphatic hydroxyl groups is 1. The van der Waals surface area contributed by atoms with Crippen LogP contribution in [-0.2, 0) is 10.1 Å². The zero-order valence-electron chi connectivity index (χ0n) is 15.2. The Labute approximate surface area is 163 Å². The van der Waals surface area contributed by atoms with E-state index in [9.17, 15) is 17.8 Å². The predicted molar refractivity (Wildman–Crippen MR) is 108 cm³/mol. The Bertz CT molecular complexity index is 1060. The molecule has 0 saturated carbocycles. The Kier molecular flexibility index (Phi) is 5.73. The van der Waals surface area contributed by atoms with Crippen LogP contribution in [-0.4, -0.2) is 49.3 Å². The summed E-state index contributed by atoms with van der Waals surface area (Å²) < 4.78 is 32.6. The first-order chi connectivity index (χ1) is 13.3. The van der Waals surface area contributed by atoms with Crippen molar-refractivity contribution in [1.82, 2.24) is 0 Å². The van der Waals surface area contributed by atoms with Gasteiger partial charge in [0.15, 0.2) is 0 Å². The van der Waals surface area contributed by atoms with Crippen LogP contribution < -0.4 is 4.90 Å².